The van der Waals surface area contributed by atoms with Crippen molar-refractivity contribution in [2.24, 2.45) is 4.99 Å². The number of aromatic nitrogens is 2. The molecule has 1 aliphatic carbocycles. The summed E-state index contributed by atoms with van der Waals surface area (Å²) >= 11 is 0. The fourth-order valence-electron chi connectivity index (χ4n) is 4.86. The molecular weight excluding hydrogens is 510 g/mol. The Morgan fingerprint density at radius 1 is 1.00 bits per heavy atom. The van der Waals surface area contributed by atoms with Gasteiger partial charge in [0, 0.05) is 42.5 Å². The number of amides is 3. The van der Waals surface area contributed by atoms with E-state index < -0.39 is 5.60 Å². The molecule has 40 heavy (non-hydrogen) atoms. The van der Waals surface area contributed by atoms with E-state index in [4.69, 9.17) is 4.74 Å². The van der Waals surface area contributed by atoms with E-state index in [0.717, 1.165) is 31.2 Å². The Hall–Kier alpha value is -4.28. The number of likely N-dealkylation sites (tertiary alicyclic amines) is 1. The van der Waals surface area contributed by atoms with Gasteiger partial charge in [-0.1, -0.05) is 12.1 Å². The van der Waals surface area contributed by atoms with Crippen molar-refractivity contribution in [3.63, 3.8) is 0 Å². The number of nitrogens with zero attached hydrogens (tertiary/aromatic N) is 5. The molecule has 0 unspecified atom stereocenters. The Morgan fingerprint density at radius 2 is 1.70 bits per heavy atom. The molecule has 1 saturated heterocycles. The van der Waals surface area contributed by atoms with Crippen LogP contribution < -0.4 is 10.6 Å². The highest BCUT2D eigenvalue weighted by Gasteiger charge is 2.40. The van der Waals surface area contributed by atoms with Crippen molar-refractivity contribution in [2.45, 2.75) is 64.1 Å². The number of anilines is 1. The van der Waals surface area contributed by atoms with Crippen molar-refractivity contribution in [2.75, 3.05) is 25.0 Å². The summed E-state index contributed by atoms with van der Waals surface area (Å²) in [5.74, 6) is 0.402. The average Bonchev–Trinajstić information content (AvgIpc) is 3.78. The van der Waals surface area contributed by atoms with E-state index in [1.54, 1.807) is 29.3 Å². The maximum Gasteiger partial charge on any atom is 0.410 e. The third-order valence-corrected chi connectivity index (χ3v) is 7.01. The molecule has 210 valence electrons. The van der Waals surface area contributed by atoms with Gasteiger partial charge in [0.25, 0.3) is 11.8 Å². The molecule has 1 aromatic carbocycles. The lowest BCUT2D eigenvalue weighted by molar-refractivity contribution is -0.131. The molecule has 2 aliphatic heterocycles. The molecule has 0 radical (unpaired) electrons. The molecule has 1 aromatic heterocycles. The number of carbonyl (C=O) groups excluding carboxylic acids is 3. The molecule has 0 spiro atoms. The van der Waals surface area contributed by atoms with Gasteiger partial charge in [0.05, 0.1) is 30.2 Å². The lowest BCUT2D eigenvalue weighted by Crippen LogP contribution is -2.51. The van der Waals surface area contributed by atoms with Gasteiger partial charge in [0.1, 0.15) is 11.4 Å². The molecule has 2 fully saturated rings. The van der Waals surface area contributed by atoms with Crippen LogP contribution in [-0.4, -0.2) is 81.1 Å². The Balaban J connectivity index is 1.16. The quantitative estimate of drug-likeness (QED) is 0.570. The fraction of sp³-hybridized carbons (Fsp3) is 0.448. The first-order valence-electron chi connectivity index (χ1n) is 13.7. The van der Waals surface area contributed by atoms with Gasteiger partial charge in [-0.2, -0.15) is 10.2 Å². The van der Waals surface area contributed by atoms with Crippen LogP contribution in [0.25, 0.3) is 0 Å². The zero-order valence-electron chi connectivity index (χ0n) is 23.1. The van der Waals surface area contributed by atoms with Crippen LogP contribution >= 0.6 is 0 Å². The van der Waals surface area contributed by atoms with Crippen molar-refractivity contribution in [1.82, 2.24) is 25.3 Å². The smallest absolute Gasteiger partial charge is 0.410 e. The number of benzene rings is 1. The van der Waals surface area contributed by atoms with E-state index in [0.29, 0.717) is 35.7 Å². The van der Waals surface area contributed by atoms with Gasteiger partial charge in [0.15, 0.2) is 0 Å². The van der Waals surface area contributed by atoms with Crippen molar-refractivity contribution in [3.05, 3.63) is 65.6 Å². The lowest BCUT2D eigenvalue weighted by atomic mass is 10.0. The van der Waals surface area contributed by atoms with E-state index >= 15 is 0 Å². The van der Waals surface area contributed by atoms with Crippen LogP contribution in [0.5, 0.6) is 0 Å². The first-order chi connectivity index (χ1) is 19.2. The topological polar surface area (TPSA) is 129 Å². The number of amidine groups is 1. The number of ether oxygens (including phenoxy) is 1. The van der Waals surface area contributed by atoms with Crippen LogP contribution in [0.4, 0.5) is 10.5 Å². The second-order valence-electron chi connectivity index (χ2n) is 11.3. The highest BCUT2D eigenvalue weighted by atomic mass is 16.6. The summed E-state index contributed by atoms with van der Waals surface area (Å²) in [6, 6.07) is 9.11. The number of aliphatic imine (C=N–C) groups is 1. The zero-order valence-corrected chi connectivity index (χ0v) is 23.1. The number of piperidine rings is 1. The highest BCUT2D eigenvalue weighted by molar-refractivity contribution is 6.06. The molecule has 5 rings (SSSR count). The van der Waals surface area contributed by atoms with Crippen LogP contribution in [-0.2, 0) is 9.53 Å². The van der Waals surface area contributed by atoms with E-state index in [-0.39, 0.29) is 36.5 Å². The van der Waals surface area contributed by atoms with E-state index in [1.165, 1.54) is 12.4 Å². The van der Waals surface area contributed by atoms with Gasteiger partial charge in [-0.3, -0.25) is 14.6 Å². The molecule has 3 heterocycles. The summed E-state index contributed by atoms with van der Waals surface area (Å²) < 4.78 is 5.51. The van der Waals surface area contributed by atoms with Gasteiger partial charge in [-0.05, 0) is 64.7 Å². The molecule has 2 aromatic rings. The number of hydrogen-bond donors (Lipinski definition) is 2. The van der Waals surface area contributed by atoms with Crippen LogP contribution in [0.3, 0.4) is 0 Å². The predicted octanol–water partition coefficient (Wildman–Crippen LogP) is 3.35. The van der Waals surface area contributed by atoms with Gasteiger partial charge in [-0.15, -0.1) is 0 Å². The molecule has 1 saturated carbocycles. The first-order valence-corrected chi connectivity index (χ1v) is 13.7. The molecule has 2 N–H and O–H groups in total. The van der Waals surface area contributed by atoms with Crippen LogP contribution in [0.15, 0.2) is 59.5 Å². The minimum Gasteiger partial charge on any atom is -0.444 e. The summed E-state index contributed by atoms with van der Waals surface area (Å²) in [7, 11) is 0. The zero-order chi connectivity index (χ0) is 28.3. The molecule has 0 atom stereocenters. The van der Waals surface area contributed by atoms with Crippen molar-refractivity contribution in [1.29, 1.82) is 0 Å². The normalized spacial score (nSPS) is 17.7. The van der Waals surface area contributed by atoms with Gasteiger partial charge >= 0.3 is 6.09 Å². The second kappa shape index (κ2) is 11.4. The molecule has 11 nitrogen and oxygen atoms in total. The third-order valence-electron chi connectivity index (χ3n) is 7.01. The monoisotopic (exact) mass is 545 g/mol. The maximum atomic E-state index is 13.6. The lowest BCUT2D eigenvalue weighted by Gasteiger charge is -2.39. The average molecular weight is 546 g/mol. The van der Waals surface area contributed by atoms with E-state index in [9.17, 15) is 14.4 Å². The maximum absolute atomic E-state index is 13.6. The Morgan fingerprint density at radius 3 is 2.27 bits per heavy atom. The van der Waals surface area contributed by atoms with Gasteiger partial charge < -0.3 is 25.2 Å². The summed E-state index contributed by atoms with van der Waals surface area (Å²) in [5, 5.41) is 13.4. The highest BCUT2D eigenvalue weighted by Crippen LogP contribution is 2.33. The standard InChI is InChI=1S/C29H35N7O4/c1-29(2,3)40-28(39)35-14-11-24(12-15-35)36(23-8-9-23)27(38)21-16-30-25(31-17-21)19-4-6-20(7-5-19)26(37)34-22-10-13-32-33-18-22/h4-7,10,13,16,18,23-24H,8-9,11-12,14-15,17H2,1-3H3,(H,30,31)(H,32,34,37). The summed E-state index contributed by atoms with van der Waals surface area (Å²) in [6.45, 7) is 7.01. The molecule has 3 amide bonds. The third kappa shape index (κ3) is 6.64. The summed E-state index contributed by atoms with van der Waals surface area (Å²) in [5.41, 5.74) is 1.98. The Kier molecular flexibility index (Phi) is 7.81. The van der Waals surface area contributed by atoms with Crippen molar-refractivity contribution >= 4 is 29.4 Å². The molecule has 11 heteroatoms. The van der Waals surface area contributed by atoms with Crippen LogP contribution in [0, 0.1) is 0 Å². The Labute approximate surface area is 233 Å². The number of nitrogens with one attached hydrogen (secondary N) is 2. The van der Waals surface area contributed by atoms with E-state index in [2.05, 4.69) is 25.8 Å². The SMILES string of the molecule is CC(C)(C)OC(=O)N1CCC(N(C(=O)C2=CNC(c3ccc(C(=O)Nc4ccnnc4)cc3)=NC2)C2CC2)CC1. The summed E-state index contributed by atoms with van der Waals surface area (Å²) in [4.78, 5) is 46.9. The van der Waals surface area contributed by atoms with E-state index in [1.807, 2.05) is 37.8 Å². The van der Waals surface area contributed by atoms with Crippen LogP contribution in [0.2, 0.25) is 0 Å². The minimum absolute atomic E-state index is 0.00568. The van der Waals surface area contributed by atoms with Crippen LogP contribution in [0.1, 0.15) is 62.4 Å². The fourth-order valence-corrected chi connectivity index (χ4v) is 4.86. The number of hydrogen-bond acceptors (Lipinski definition) is 8. The second-order valence-corrected chi connectivity index (χ2v) is 11.3. The van der Waals surface area contributed by atoms with Gasteiger partial charge in [-0.25, -0.2) is 4.79 Å². The van der Waals surface area contributed by atoms with Crippen molar-refractivity contribution in [3.8, 4) is 0 Å². The summed E-state index contributed by atoms with van der Waals surface area (Å²) in [6.07, 6.45) is 7.91. The number of rotatable bonds is 6. The molecule has 3 aliphatic rings. The first kappa shape index (κ1) is 27.3. The van der Waals surface area contributed by atoms with Crippen molar-refractivity contribution < 1.29 is 19.1 Å². The minimum atomic E-state index is -0.529. The Bertz CT molecular complexity index is 1310. The predicted molar refractivity (Wildman–Crippen MR) is 150 cm³/mol. The largest absolute Gasteiger partial charge is 0.444 e. The molecule has 0 bridgehead atoms. The molecular formula is C29H35N7O4. The van der Waals surface area contributed by atoms with Gasteiger partial charge in [0.2, 0.25) is 0 Å². The number of carbonyl (C=O) groups is 3.